The number of aromatic amines is 2. The molecule has 1 heterocycles. The smallest absolute Gasteiger partial charge is 0.272 e. The zero-order valence-corrected chi connectivity index (χ0v) is 8.78. The van der Waals surface area contributed by atoms with Crippen molar-refractivity contribution in [3.63, 3.8) is 0 Å². The van der Waals surface area contributed by atoms with Crippen molar-refractivity contribution in [3.05, 3.63) is 15.3 Å². The molecule has 0 aromatic carbocycles. The Balaban J connectivity index is 2.55. The summed E-state index contributed by atoms with van der Waals surface area (Å²) in [4.78, 5) is 11.1. The van der Waals surface area contributed by atoms with Crippen LogP contribution in [0.1, 0.15) is 26.7 Å². The molecule has 0 radical (unpaired) electrons. The van der Waals surface area contributed by atoms with Gasteiger partial charge in [-0.2, -0.15) is 0 Å². The average Bonchev–Trinajstić information content (AvgIpc) is 2.34. The van der Waals surface area contributed by atoms with Crippen LogP contribution in [0.3, 0.4) is 0 Å². The van der Waals surface area contributed by atoms with E-state index in [1.165, 1.54) is 0 Å². The molecule has 1 aromatic rings. The van der Waals surface area contributed by atoms with Crippen LogP contribution >= 0.6 is 12.2 Å². The molecule has 0 amide bonds. The van der Waals surface area contributed by atoms with Crippen molar-refractivity contribution in [2.45, 2.75) is 33.2 Å². The summed E-state index contributed by atoms with van der Waals surface area (Å²) in [5.74, 6) is 0.673. The lowest BCUT2D eigenvalue weighted by Gasteiger charge is -2.03. The second kappa shape index (κ2) is 4.41. The molecule has 1 rings (SSSR count). The van der Waals surface area contributed by atoms with E-state index in [-0.39, 0.29) is 5.69 Å². The van der Waals surface area contributed by atoms with Gasteiger partial charge in [-0.05, 0) is 31.0 Å². The summed E-state index contributed by atoms with van der Waals surface area (Å²) in [5, 5.41) is 5.07. The zero-order valence-electron chi connectivity index (χ0n) is 7.96. The van der Waals surface area contributed by atoms with E-state index in [1.54, 1.807) is 4.57 Å². The van der Waals surface area contributed by atoms with Crippen molar-refractivity contribution in [1.82, 2.24) is 14.8 Å². The Morgan fingerprint density at radius 1 is 1.46 bits per heavy atom. The Bertz CT molecular complexity index is 332. The lowest BCUT2D eigenvalue weighted by Crippen LogP contribution is -2.17. The first kappa shape index (κ1) is 10.2. The summed E-state index contributed by atoms with van der Waals surface area (Å²) in [6.45, 7) is 5.04. The molecule has 0 saturated carbocycles. The summed E-state index contributed by atoms with van der Waals surface area (Å²) in [6, 6.07) is 0. The number of H-pyrrole nitrogens is 2. The normalized spacial score (nSPS) is 11.0. The molecule has 0 aliphatic heterocycles. The first-order valence-corrected chi connectivity index (χ1v) is 4.89. The van der Waals surface area contributed by atoms with Crippen LogP contribution in [0.5, 0.6) is 0 Å². The van der Waals surface area contributed by atoms with E-state index in [1.807, 2.05) is 0 Å². The summed E-state index contributed by atoms with van der Waals surface area (Å²) >= 11 is 4.93. The highest BCUT2D eigenvalue weighted by molar-refractivity contribution is 7.71. The van der Waals surface area contributed by atoms with Crippen LogP contribution in [0.2, 0.25) is 0 Å². The lowest BCUT2D eigenvalue weighted by molar-refractivity contribution is 0.504. The van der Waals surface area contributed by atoms with Gasteiger partial charge in [0.1, 0.15) is 0 Å². The van der Waals surface area contributed by atoms with Crippen LogP contribution in [0.4, 0.5) is 0 Å². The van der Waals surface area contributed by atoms with Gasteiger partial charge in [0.25, 0.3) is 0 Å². The highest BCUT2D eigenvalue weighted by Gasteiger charge is 2.00. The Morgan fingerprint density at radius 3 is 2.62 bits per heavy atom. The van der Waals surface area contributed by atoms with Gasteiger partial charge < -0.3 is 0 Å². The van der Waals surface area contributed by atoms with Crippen LogP contribution in [-0.2, 0) is 6.54 Å². The Kier molecular flexibility index (Phi) is 3.48. The Morgan fingerprint density at radius 2 is 2.15 bits per heavy atom. The third-order valence-corrected chi connectivity index (χ3v) is 2.25. The molecular weight excluding hydrogens is 186 g/mol. The third kappa shape index (κ3) is 2.84. The predicted octanol–water partition coefficient (Wildman–Crippen LogP) is 1.67. The van der Waals surface area contributed by atoms with Crippen molar-refractivity contribution in [3.8, 4) is 0 Å². The Hall–Kier alpha value is -0.840. The molecule has 13 heavy (non-hydrogen) atoms. The highest BCUT2D eigenvalue weighted by Crippen LogP contribution is 2.03. The Labute approximate surface area is 82.0 Å². The molecule has 0 spiro atoms. The van der Waals surface area contributed by atoms with Gasteiger partial charge in [0.2, 0.25) is 0 Å². The maximum Gasteiger partial charge on any atom is 0.342 e. The largest absolute Gasteiger partial charge is 0.342 e. The lowest BCUT2D eigenvalue weighted by atomic mass is 10.1. The predicted molar refractivity (Wildman–Crippen MR) is 54.3 cm³/mol. The van der Waals surface area contributed by atoms with E-state index in [9.17, 15) is 4.79 Å². The van der Waals surface area contributed by atoms with Gasteiger partial charge in [0, 0.05) is 6.54 Å². The van der Waals surface area contributed by atoms with Gasteiger partial charge in [-0.3, -0.25) is 9.67 Å². The fraction of sp³-hybridized carbons (Fsp3) is 0.750. The molecule has 4 nitrogen and oxygen atoms in total. The molecule has 0 aliphatic rings. The number of rotatable bonds is 4. The standard InChI is InChI=1S/C8H15N3OS/c1-6(2)4-3-5-11-7(12)9-10-8(11)13/h6H,3-5H2,1-2H3,(H,9,12)(H,10,13). The maximum absolute atomic E-state index is 11.1. The number of nitrogens with one attached hydrogen (secondary N) is 2. The molecule has 0 bridgehead atoms. The molecule has 0 unspecified atom stereocenters. The third-order valence-electron chi connectivity index (χ3n) is 1.93. The second-order valence-corrected chi connectivity index (χ2v) is 3.93. The van der Waals surface area contributed by atoms with Gasteiger partial charge in [0.15, 0.2) is 4.77 Å². The summed E-state index contributed by atoms with van der Waals surface area (Å²) in [5.41, 5.74) is -0.145. The monoisotopic (exact) mass is 201 g/mol. The van der Waals surface area contributed by atoms with Gasteiger partial charge in [-0.25, -0.2) is 9.89 Å². The summed E-state index contributed by atoms with van der Waals surface area (Å²) < 4.78 is 2.03. The van der Waals surface area contributed by atoms with E-state index < -0.39 is 0 Å². The van der Waals surface area contributed by atoms with Crippen LogP contribution in [0.25, 0.3) is 0 Å². The van der Waals surface area contributed by atoms with Gasteiger partial charge in [-0.1, -0.05) is 13.8 Å². The van der Waals surface area contributed by atoms with Crippen LogP contribution in [0, 0.1) is 10.7 Å². The minimum atomic E-state index is -0.145. The van der Waals surface area contributed by atoms with Gasteiger partial charge in [-0.15, -0.1) is 0 Å². The first-order chi connectivity index (χ1) is 6.11. The maximum atomic E-state index is 11.1. The van der Waals surface area contributed by atoms with Crippen molar-refractivity contribution in [2.24, 2.45) is 5.92 Å². The molecule has 0 atom stereocenters. The number of hydrogen-bond donors (Lipinski definition) is 2. The fourth-order valence-electron chi connectivity index (χ4n) is 1.19. The minimum absolute atomic E-state index is 0.145. The minimum Gasteiger partial charge on any atom is -0.272 e. The van der Waals surface area contributed by atoms with E-state index in [0.717, 1.165) is 12.8 Å². The SMILES string of the molecule is CC(C)CCCn1c(=O)[nH][nH]c1=S. The molecule has 0 fully saturated rings. The van der Waals surface area contributed by atoms with Crippen molar-refractivity contribution in [2.75, 3.05) is 0 Å². The number of aromatic nitrogens is 3. The van der Waals surface area contributed by atoms with E-state index in [0.29, 0.717) is 17.2 Å². The molecule has 74 valence electrons. The van der Waals surface area contributed by atoms with Gasteiger partial charge >= 0.3 is 5.69 Å². The first-order valence-electron chi connectivity index (χ1n) is 4.48. The number of hydrogen-bond acceptors (Lipinski definition) is 2. The molecule has 0 saturated heterocycles. The summed E-state index contributed by atoms with van der Waals surface area (Å²) in [7, 11) is 0. The molecule has 5 heteroatoms. The van der Waals surface area contributed by atoms with Crippen molar-refractivity contribution < 1.29 is 0 Å². The van der Waals surface area contributed by atoms with Crippen molar-refractivity contribution >= 4 is 12.2 Å². The highest BCUT2D eigenvalue weighted by atomic mass is 32.1. The zero-order chi connectivity index (χ0) is 9.84. The molecule has 2 N–H and O–H groups in total. The van der Waals surface area contributed by atoms with Gasteiger partial charge in [0.05, 0.1) is 0 Å². The fourth-order valence-corrected chi connectivity index (χ4v) is 1.42. The number of nitrogens with zero attached hydrogens (tertiary/aromatic N) is 1. The van der Waals surface area contributed by atoms with Crippen molar-refractivity contribution in [1.29, 1.82) is 0 Å². The van der Waals surface area contributed by atoms with Crippen LogP contribution in [0.15, 0.2) is 4.79 Å². The average molecular weight is 201 g/mol. The summed E-state index contributed by atoms with van der Waals surface area (Å²) in [6.07, 6.45) is 2.11. The van der Waals surface area contributed by atoms with E-state index in [2.05, 4.69) is 24.0 Å². The second-order valence-electron chi connectivity index (χ2n) is 3.55. The molecular formula is C8H15N3OS. The quantitative estimate of drug-likeness (QED) is 0.728. The van der Waals surface area contributed by atoms with Crippen LogP contribution < -0.4 is 5.69 Å². The van der Waals surface area contributed by atoms with E-state index in [4.69, 9.17) is 12.2 Å². The van der Waals surface area contributed by atoms with E-state index >= 15 is 0 Å². The van der Waals surface area contributed by atoms with Crippen LogP contribution in [-0.4, -0.2) is 14.8 Å². The topological polar surface area (TPSA) is 53.6 Å². The molecule has 0 aliphatic carbocycles. The molecule has 1 aromatic heterocycles.